The van der Waals surface area contributed by atoms with E-state index in [1.807, 2.05) is 0 Å². The number of carboxylic acids is 1. The van der Waals surface area contributed by atoms with Gasteiger partial charge in [-0.3, -0.25) is 10.1 Å². The fourth-order valence-corrected chi connectivity index (χ4v) is 1.40. The molecule has 0 amide bonds. The molecule has 0 aliphatic heterocycles. The van der Waals surface area contributed by atoms with Crippen molar-refractivity contribution in [1.82, 2.24) is 0 Å². The zero-order chi connectivity index (χ0) is 16.2. The first-order chi connectivity index (χ1) is 9.77. The minimum absolute atomic E-state index is 0.122. The topological polar surface area (TPSA) is 107 Å². The van der Waals surface area contributed by atoms with Gasteiger partial charge in [0.15, 0.2) is 11.6 Å². The summed E-state index contributed by atoms with van der Waals surface area (Å²) in [5, 5.41) is 19.6. The lowest BCUT2D eigenvalue weighted by atomic mass is 10.1. The number of halogens is 2. The smallest absolute Gasteiger partial charge is 0.345 e. The number of aliphatic carboxylic acids is 1. The van der Waals surface area contributed by atoms with Gasteiger partial charge in [0.25, 0.3) is 5.69 Å². The van der Waals surface area contributed by atoms with Crippen LogP contribution in [0.1, 0.15) is 12.5 Å². The summed E-state index contributed by atoms with van der Waals surface area (Å²) in [5.74, 6) is -5.84. The second-order valence-corrected chi connectivity index (χ2v) is 3.67. The fraction of sp³-hybridized carbons (Fsp3) is 0.167. The quantitative estimate of drug-likeness (QED) is 0.222. The van der Waals surface area contributed by atoms with Crippen LogP contribution in [0.4, 0.5) is 14.5 Å². The van der Waals surface area contributed by atoms with Crippen LogP contribution in [-0.2, 0) is 14.3 Å². The van der Waals surface area contributed by atoms with Crippen molar-refractivity contribution in [3.63, 3.8) is 0 Å². The molecule has 1 aromatic rings. The van der Waals surface area contributed by atoms with E-state index in [1.54, 1.807) is 0 Å². The molecule has 0 saturated heterocycles. The molecule has 0 aromatic heterocycles. The van der Waals surface area contributed by atoms with Crippen molar-refractivity contribution in [1.29, 1.82) is 0 Å². The molecule has 0 atom stereocenters. The zero-order valence-electron chi connectivity index (χ0n) is 10.6. The van der Waals surface area contributed by atoms with Crippen molar-refractivity contribution < 1.29 is 33.1 Å². The molecule has 0 radical (unpaired) electrons. The van der Waals surface area contributed by atoms with E-state index in [4.69, 9.17) is 5.11 Å². The summed E-state index contributed by atoms with van der Waals surface area (Å²) >= 11 is 0. The van der Waals surface area contributed by atoms with Crippen molar-refractivity contribution in [3.05, 3.63) is 45.0 Å². The van der Waals surface area contributed by atoms with Gasteiger partial charge < -0.3 is 9.84 Å². The summed E-state index contributed by atoms with van der Waals surface area (Å²) in [6.45, 7) is 1.31. The van der Waals surface area contributed by atoms with Crippen LogP contribution < -0.4 is 0 Å². The SMILES string of the molecule is CCOC(=O)C(=Cc1cc(F)c(F)cc1[N+](=O)[O-])C(=O)O. The Bertz CT molecular complexity index is 641. The van der Waals surface area contributed by atoms with Gasteiger partial charge in [-0.2, -0.15) is 0 Å². The molecular weight excluding hydrogens is 292 g/mol. The lowest BCUT2D eigenvalue weighted by Gasteiger charge is -2.04. The van der Waals surface area contributed by atoms with E-state index in [-0.39, 0.29) is 6.61 Å². The largest absolute Gasteiger partial charge is 0.477 e. The second-order valence-electron chi connectivity index (χ2n) is 3.67. The average molecular weight is 301 g/mol. The second kappa shape index (κ2) is 6.55. The molecule has 0 spiro atoms. The van der Waals surface area contributed by atoms with E-state index in [9.17, 15) is 28.5 Å². The molecule has 1 N–H and O–H groups in total. The van der Waals surface area contributed by atoms with E-state index in [0.29, 0.717) is 18.2 Å². The highest BCUT2D eigenvalue weighted by Crippen LogP contribution is 2.25. The molecule has 0 heterocycles. The molecule has 0 bridgehead atoms. The van der Waals surface area contributed by atoms with Gasteiger partial charge in [0.2, 0.25) is 0 Å². The number of hydrogen-bond acceptors (Lipinski definition) is 5. The Kier molecular flexibility index (Phi) is 5.06. The average Bonchev–Trinajstić information content (AvgIpc) is 2.38. The third-order valence-corrected chi connectivity index (χ3v) is 2.29. The van der Waals surface area contributed by atoms with Gasteiger partial charge >= 0.3 is 11.9 Å². The Morgan fingerprint density at radius 2 is 1.95 bits per heavy atom. The summed E-state index contributed by atoms with van der Waals surface area (Å²) in [6, 6.07) is 0.724. The zero-order valence-corrected chi connectivity index (χ0v) is 10.6. The van der Waals surface area contributed by atoms with Gasteiger partial charge in [-0.05, 0) is 19.1 Å². The first kappa shape index (κ1) is 16.2. The number of rotatable bonds is 5. The van der Waals surface area contributed by atoms with Crippen molar-refractivity contribution in [2.75, 3.05) is 6.61 Å². The van der Waals surface area contributed by atoms with Crippen LogP contribution in [0.5, 0.6) is 0 Å². The summed E-state index contributed by atoms with van der Waals surface area (Å²) in [5.41, 5.74) is -2.38. The number of carbonyl (C=O) groups excluding carboxylic acids is 1. The van der Waals surface area contributed by atoms with Crippen LogP contribution in [0.3, 0.4) is 0 Å². The van der Waals surface area contributed by atoms with Crippen LogP contribution in [-0.4, -0.2) is 28.6 Å². The monoisotopic (exact) mass is 301 g/mol. The van der Waals surface area contributed by atoms with Gasteiger partial charge in [0.05, 0.1) is 23.2 Å². The van der Waals surface area contributed by atoms with E-state index in [2.05, 4.69) is 4.74 Å². The summed E-state index contributed by atoms with van der Waals surface area (Å²) in [7, 11) is 0. The van der Waals surface area contributed by atoms with Crippen LogP contribution in [0.25, 0.3) is 6.08 Å². The van der Waals surface area contributed by atoms with Crippen LogP contribution in [0.2, 0.25) is 0 Å². The van der Waals surface area contributed by atoms with Crippen molar-refractivity contribution in [2.24, 2.45) is 0 Å². The number of hydrogen-bond donors (Lipinski definition) is 1. The summed E-state index contributed by atoms with van der Waals surface area (Å²) in [6.07, 6.45) is 0.557. The molecule has 21 heavy (non-hydrogen) atoms. The van der Waals surface area contributed by atoms with Gasteiger partial charge in [0.1, 0.15) is 5.57 Å². The van der Waals surface area contributed by atoms with E-state index in [0.717, 1.165) is 0 Å². The van der Waals surface area contributed by atoms with Crippen molar-refractivity contribution >= 4 is 23.7 Å². The number of esters is 1. The van der Waals surface area contributed by atoms with Gasteiger partial charge in [0, 0.05) is 0 Å². The minimum Gasteiger partial charge on any atom is -0.477 e. The van der Waals surface area contributed by atoms with E-state index in [1.165, 1.54) is 6.92 Å². The third kappa shape index (κ3) is 3.81. The Morgan fingerprint density at radius 3 is 2.43 bits per heavy atom. The Morgan fingerprint density at radius 1 is 1.38 bits per heavy atom. The predicted molar refractivity (Wildman–Crippen MR) is 65.3 cm³/mol. The molecular formula is C12H9F2NO6. The summed E-state index contributed by atoms with van der Waals surface area (Å²) < 4.78 is 30.6. The number of benzene rings is 1. The van der Waals surface area contributed by atoms with Gasteiger partial charge in [-0.15, -0.1) is 0 Å². The van der Waals surface area contributed by atoms with Crippen LogP contribution in [0.15, 0.2) is 17.7 Å². The maximum atomic E-state index is 13.1. The molecule has 1 rings (SSSR count). The number of carboxylic acid groups (broad SMARTS) is 1. The first-order valence-electron chi connectivity index (χ1n) is 5.53. The minimum atomic E-state index is -1.72. The molecule has 0 unspecified atom stereocenters. The fourth-order valence-electron chi connectivity index (χ4n) is 1.40. The standard InChI is InChI=1S/C12H9F2NO6/c1-2-21-12(18)7(11(16)17)3-6-4-8(13)9(14)5-10(6)15(19)20/h3-5H,2H2,1H3,(H,16,17). The number of nitrogens with zero attached hydrogens (tertiary/aromatic N) is 1. The van der Waals surface area contributed by atoms with Crippen LogP contribution in [0, 0.1) is 21.7 Å². The molecule has 0 aliphatic carbocycles. The lowest BCUT2D eigenvalue weighted by Crippen LogP contribution is -2.15. The third-order valence-electron chi connectivity index (χ3n) is 2.29. The number of nitro benzene ring substituents is 1. The molecule has 0 saturated carbocycles. The highest BCUT2D eigenvalue weighted by Gasteiger charge is 2.23. The van der Waals surface area contributed by atoms with Gasteiger partial charge in [-0.1, -0.05) is 0 Å². The first-order valence-corrected chi connectivity index (χ1v) is 5.53. The molecule has 112 valence electrons. The molecule has 1 aromatic carbocycles. The van der Waals surface area contributed by atoms with Crippen molar-refractivity contribution in [2.45, 2.75) is 6.92 Å². The maximum Gasteiger partial charge on any atom is 0.345 e. The molecule has 0 aliphatic rings. The van der Waals surface area contributed by atoms with Gasteiger partial charge in [-0.25, -0.2) is 18.4 Å². The lowest BCUT2D eigenvalue weighted by molar-refractivity contribution is -0.385. The molecule has 9 heteroatoms. The maximum absolute atomic E-state index is 13.1. The van der Waals surface area contributed by atoms with Crippen LogP contribution >= 0.6 is 0 Å². The number of ether oxygens (including phenoxy) is 1. The number of nitro groups is 1. The Labute approximate surface area is 116 Å². The number of carbonyl (C=O) groups is 2. The predicted octanol–water partition coefficient (Wildman–Crippen LogP) is 1.90. The molecule has 7 nitrogen and oxygen atoms in total. The van der Waals surface area contributed by atoms with E-state index < -0.39 is 45.3 Å². The van der Waals surface area contributed by atoms with E-state index >= 15 is 0 Å². The van der Waals surface area contributed by atoms with Crippen molar-refractivity contribution in [3.8, 4) is 0 Å². The molecule has 0 fully saturated rings. The highest BCUT2D eigenvalue weighted by molar-refractivity contribution is 6.17. The Balaban J connectivity index is 3.46. The normalized spacial score (nSPS) is 11.1. The Hall–Kier alpha value is -2.84. The highest BCUT2D eigenvalue weighted by atomic mass is 19.2. The summed E-state index contributed by atoms with van der Waals surface area (Å²) in [4.78, 5) is 32.1.